The molecular formula is C12H20N2O4. The summed E-state index contributed by atoms with van der Waals surface area (Å²) in [6.07, 6.45) is 3.02. The molecule has 1 N–H and O–H groups in total. The molecule has 0 spiro atoms. The first kappa shape index (κ1) is 13.1. The molecule has 0 aromatic rings. The van der Waals surface area contributed by atoms with Crippen molar-refractivity contribution in [2.45, 2.75) is 25.3 Å². The molecule has 18 heavy (non-hydrogen) atoms. The van der Waals surface area contributed by atoms with Crippen molar-refractivity contribution in [2.24, 2.45) is 5.92 Å². The van der Waals surface area contributed by atoms with Gasteiger partial charge < -0.3 is 19.6 Å². The normalized spacial score (nSPS) is 22.8. The Hall–Kier alpha value is -1.30. The summed E-state index contributed by atoms with van der Waals surface area (Å²) in [5.41, 5.74) is 0. The summed E-state index contributed by atoms with van der Waals surface area (Å²) < 4.78 is 5.25. The third-order valence-electron chi connectivity index (χ3n) is 3.53. The number of rotatable bonds is 5. The molecule has 2 aliphatic rings. The van der Waals surface area contributed by atoms with Crippen molar-refractivity contribution in [3.63, 3.8) is 0 Å². The van der Waals surface area contributed by atoms with Gasteiger partial charge in [0, 0.05) is 20.2 Å². The second-order valence-corrected chi connectivity index (χ2v) is 5.13. The number of carbonyl (C=O) groups is 2. The minimum Gasteiger partial charge on any atom is -0.480 e. The highest BCUT2D eigenvalue weighted by Gasteiger charge is 2.32. The van der Waals surface area contributed by atoms with Crippen LogP contribution in [0.5, 0.6) is 0 Å². The number of hydrogen-bond acceptors (Lipinski definition) is 3. The van der Waals surface area contributed by atoms with Gasteiger partial charge in [0.05, 0.1) is 12.6 Å². The third kappa shape index (κ3) is 3.35. The lowest BCUT2D eigenvalue weighted by Crippen LogP contribution is -2.48. The Kier molecular flexibility index (Phi) is 4.06. The number of amides is 2. The van der Waals surface area contributed by atoms with E-state index in [1.165, 1.54) is 4.90 Å². The van der Waals surface area contributed by atoms with Crippen molar-refractivity contribution in [1.29, 1.82) is 0 Å². The molecule has 0 radical (unpaired) electrons. The van der Waals surface area contributed by atoms with Crippen molar-refractivity contribution >= 4 is 12.0 Å². The van der Waals surface area contributed by atoms with Crippen LogP contribution in [0, 0.1) is 5.92 Å². The van der Waals surface area contributed by atoms with Crippen molar-refractivity contribution in [3.05, 3.63) is 0 Å². The number of hydrogen-bond donors (Lipinski definition) is 1. The van der Waals surface area contributed by atoms with Crippen molar-refractivity contribution in [3.8, 4) is 0 Å². The van der Waals surface area contributed by atoms with Gasteiger partial charge in [-0.2, -0.15) is 0 Å². The molecule has 6 nitrogen and oxygen atoms in total. The molecule has 0 bridgehead atoms. The lowest BCUT2D eigenvalue weighted by molar-refractivity contribution is -0.137. The minimum atomic E-state index is -0.958. The number of likely N-dealkylation sites (N-methyl/N-ethyl adjacent to an activating group) is 1. The van der Waals surface area contributed by atoms with Crippen LogP contribution in [0.1, 0.15) is 19.3 Å². The predicted octanol–water partition coefficient (Wildman–Crippen LogP) is 0.624. The number of carbonyl (C=O) groups excluding carboxylic acids is 1. The Morgan fingerprint density at radius 1 is 1.33 bits per heavy atom. The maximum atomic E-state index is 12.3. The van der Waals surface area contributed by atoms with Crippen LogP contribution in [-0.4, -0.2) is 66.3 Å². The molecule has 102 valence electrons. The van der Waals surface area contributed by atoms with E-state index in [9.17, 15) is 9.59 Å². The monoisotopic (exact) mass is 256 g/mol. The molecule has 0 aromatic carbocycles. The van der Waals surface area contributed by atoms with E-state index >= 15 is 0 Å². The lowest BCUT2D eigenvalue weighted by atomic mass is 10.2. The van der Waals surface area contributed by atoms with E-state index in [0.29, 0.717) is 25.7 Å². The Morgan fingerprint density at radius 3 is 2.56 bits per heavy atom. The Balaban J connectivity index is 1.93. The second kappa shape index (κ2) is 5.56. The molecule has 6 heteroatoms. The molecule has 2 fully saturated rings. The number of nitrogens with zero attached hydrogens (tertiary/aromatic N) is 2. The average molecular weight is 256 g/mol. The van der Waals surface area contributed by atoms with Gasteiger partial charge in [0.25, 0.3) is 0 Å². The van der Waals surface area contributed by atoms with Gasteiger partial charge >= 0.3 is 12.0 Å². The van der Waals surface area contributed by atoms with Gasteiger partial charge in [-0.05, 0) is 25.2 Å². The van der Waals surface area contributed by atoms with Crippen LogP contribution in [0.4, 0.5) is 4.79 Å². The molecule has 1 heterocycles. The van der Waals surface area contributed by atoms with Gasteiger partial charge in [-0.1, -0.05) is 0 Å². The molecule has 1 saturated heterocycles. The molecular weight excluding hydrogens is 236 g/mol. The summed E-state index contributed by atoms with van der Waals surface area (Å²) in [5, 5.41) is 8.88. The number of carboxylic acids is 1. The Labute approximate surface area is 106 Å². The number of ether oxygens (including phenoxy) is 1. The summed E-state index contributed by atoms with van der Waals surface area (Å²) in [6, 6.07) is -0.118. The van der Waals surface area contributed by atoms with E-state index in [0.717, 1.165) is 19.3 Å². The standard InChI is InChI=1S/C12H20N2O4/c1-13(10-4-5-18-8-10)12(17)14(7-11(15)16)6-9-2-3-9/h9-10H,2-8H2,1H3,(H,15,16). The summed E-state index contributed by atoms with van der Waals surface area (Å²) >= 11 is 0. The zero-order valence-electron chi connectivity index (χ0n) is 10.7. The maximum absolute atomic E-state index is 12.3. The summed E-state index contributed by atoms with van der Waals surface area (Å²) in [6.45, 7) is 1.56. The highest BCUT2D eigenvalue weighted by molar-refractivity contribution is 5.80. The van der Waals surface area contributed by atoms with Gasteiger partial charge in [-0.25, -0.2) is 4.79 Å². The van der Waals surface area contributed by atoms with E-state index < -0.39 is 5.97 Å². The first-order chi connectivity index (χ1) is 8.58. The van der Waals surface area contributed by atoms with Crippen molar-refractivity contribution < 1.29 is 19.4 Å². The topological polar surface area (TPSA) is 70.1 Å². The minimum absolute atomic E-state index is 0.0768. The SMILES string of the molecule is CN(C(=O)N(CC(=O)O)CC1CC1)C1CCOC1. The van der Waals surface area contributed by atoms with Gasteiger partial charge in [0.15, 0.2) is 0 Å². The van der Waals surface area contributed by atoms with E-state index in [2.05, 4.69) is 0 Å². The highest BCUT2D eigenvalue weighted by Crippen LogP contribution is 2.30. The summed E-state index contributed by atoms with van der Waals surface area (Å²) in [5.74, 6) is -0.471. The fourth-order valence-electron chi connectivity index (χ4n) is 2.19. The van der Waals surface area contributed by atoms with E-state index in [1.54, 1.807) is 11.9 Å². The first-order valence-corrected chi connectivity index (χ1v) is 6.39. The van der Waals surface area contributed by atoms with Gasteiger partial charge in [-0.15, -0.1) is 0 Å². The van der Waals surface area contributed by atoms with E-state index in [-0.39, 0.29) is 18.6 Å². The maximum Gasteiger partial charge on any atom is 0.323 e. The fraction of sp³-hybridized carbons (Fsp3) is 0.833. The van der Waals surface area contributed by atoms with Gasteiger partial charge in [0.1, 0.15) is 6.54 Å². The zero-order chi connectivity index (χ0) is 13.1. The van der Waals surface area contributed by atoms with Gasteiger partial charge in [0.2, 0.25) is 0 Å². The Bertz CT molecular complexity index is 324. The van der Waals surface area contributed by atoms with Crippen LogP contribution in [0.2, 0.25) is 0 Å². The summed E-state index contributed by atoms with van der Waals surface area (Å²) in [4.78, 5) is 26.2. The van der Waals surface area contributed by atoms with Crippen molar-refractivity contribution in [1.82, 2.24) is 9.80 Å². The molecule has 0 aromatic heterocycles. The molecule has 1 aliphatic carbocycles. The lowest BCUT2D eigenvalue weighted by Gasteiger charge is -2.30. The van der Waals surface area contributed by atoms with Crippen LogP contribution in [0.3, 0.4) is 0 Å². The van der Waals surface area contributed by atoms with Gasteiger partial charge in [-0.3, -0.25) is 4.79 Å². The quantitative estimate of drug-likeness (QED) is 0.783. The molecule has 1 aliphatic heterocycles. The number of urea groups is 1. The third-order valence-corrected chi connectivity index (χ3v) is 3.53. The second-order valence-electron chi connectivity index (χ2n) is 5.13. The van der Waals surface area contributed by atoms with Crippen LogP contribution in [0.25, 0.3) is 0 Å². The molecule has 2 rings (SSSR count). The molecule has 1 saturated carbocycles. The predicted molar refractivity (Wildman–Crippen MR) is 64.3 cm³/mol. The van der Waals surface area contributed by atoms with E-state index in [1.807, 2.05) is 0 Å². The van der Waals surface area contributed by atoms with Crippen LogP contribution >= 0.6 is 0 Å². The average Bonchev–Trinajstić information content (AvgIpc) is 2.96. The Morgan fingerprint density at radius 2 is 2.06 bits per heavy atom. The highest BCUT2D eigenvalue weighted by atomic mass is 16.5. The zero-order valence-corrected chi connectivity index (χ0v) is 10.7. The van der Waals surface area contributed by atoms with Crippen molar-refractivity contribution in [2.75, 3.05) is 33.4 Å². The van der Waals surface area contributed by atoms with E-state index in [4.69, 9.17) is 9.84 Å². The first-order valence-electron chi connectivity index (χ1n) is 6.39. The molecule has 1 unspecified atom stereocenters. The number of carboxylic acid groups (broad SMARTS) is 1. The molecule has 2 amide bonds. The van der Waals surface area contributed by atoms with Crippen LogP contribution in [0.15, 0.2) is 0 Å². The number of aliphatic carboxylic acids is 1. The largest absolute Gasteiger partial charge is 0.480 e. The van der Waals surface area contributed by atoms with Crippen LogP contribution < -0.4 is 0 Å². The fourth-order valence-corrected chi connectivity index (χ4v) is 2.19. The van der Waals surface area contributed by atoms with Crippen LogP contribution in [-0.2, 0) is 9.53 Å². The summed E-state index contributed by atoms with van der Waals surface area (Å²) in [7, 11) is 1.73. The molecule has 1 atom stereocenters. The smallest absolute Gasteiger partial charge is 0.323 e.